The van der Waals surface area contributed by atoms with Crippen LogP contribution < -0.4 is 5.73 Å². The van der Waals surface area contributed by atoms with Crippen LogP contribution in [-0.4, -0.2) is 8.42 Å². The standard InChI is InChI=1S/C16H19NO2S/c1-3-13-5-7-14(8-6-13)11-20(18,19)16-10-15(17)9-4-12(16)2/h4-10H,3,11,17H2,1-2H3. The summed E-state index contributed by atoms with van der Waals surface area (Å²) >= 11 is 0. The van der Waals surface area contributed by atoms with E-state index in [1.165, 1.54) is 11.6 Å². The summed E-state index contributed by atoms with van der Waals surface area (Å²) < 4.78 is 24.9. The van der Waals surface area contributed by atoms with Gasteiger partial charge in [0.05, 0.1) is 10.6 Å². The number of sulfone groups is 1. The Labute approximate surface area is 120 Å². The van der Waals surface area contributed by atoms with Gasteiger partial charge in [0.2, 0.25) is 0 Å². The van der Waals surface area contributed by atoms with Gasteiger partial charge in [-0.3, -0.25) is 0 Å². The minimum absolute atomic E-state index is 0.00128. The molecule has 0 saturated carbocycles. The van der Waals surface area contributed by atoms with Crippen LogP contribution in [0.25, 0.3) is 0 Å². The Hall–Kier alpha value is -1.81. The van der Waals surface area contributed by atoms with E-state index in [4.69, 9.17) is 5.73 Å². The van der Waals surface area contributed by atoms with Crippen LogP contribution in [0.4, 0.5) is 5.69 Å². The van der Waals surface area contributed by atoms with Crippen LogP contribution in [0.2, 0.25) is 0 Å². The maximum Gasteiger partial charge on any atom is 0.182 e. The third-order valence-corrected chi connectivity index (χ3v) is 5.16. The van der Waals surface area contributed by atoms with E-state index in [1.807, 2.05) is 24.3 Å². The molecular weight excluding hydrogens is 270 g/mol. The molecule has 2 aromatic carbocycles. The van der Waals surface area contributed by atoms with Crippen molar-refractivity contribution in [1.29, 1.82) is 0 Å². The SMILES string of the molecule is CCc1ccc(CS(=O)(=O)c2cc(N)ccc2C)cc1. The van der Waals surface area contributed by atoms with Crippen LogP contribution in [0.1, 0.15) is 23.6 Å². The minimum Gasteiger partial charge on any atom is -0.399 e. The number of aryl methyl sites for hydroxylation is 2. The average molecular weight is 289 g/mol. The Kier molecular flexibility index (Phi) is 4.14. The minimum atomic E-state index is -3.37. The summed E-state index contributed by atoms with van der Waals surface area (Å²) in [5, 5.41) is 0. The fourth-order valence-corrected chi connectivity index (χ4v) is 3.78. The maximum absolute atomic E-state index is 12.5. The van der Waals surface area contributed by atoms with E-state index in [0.717, 1.165) is 17.5 Å². The highest BCUT2D eigenvalue weighted by molar-refractivity contribution is 7.90. The van der Waals surface area contributed by atoms with Crippen molar-refractivity contribution in [1.82, 2.24) is 0 Å². The molecular formula is C16H19NO2S. The topological polar surface area (TPSA) is 60.2 Å². The number of nitrogen functional groups attached to an aromatic ring is 1. The molecule has 0 radical (unpaired) electrons. The van der Waals surface area contributed by atoms with E-state index in [1.54, 1.807) is 19.1 Å². The van der Waals surface area contributed by atoms with Crippen LogP contribution >= 0.6 is 0 Å². The van der Waals surface area contributed by atoms with Gasteiger partial charge in [-0.15, -0.1) is 0 Å². The second kappa shape index (κ2) is 5.67. The third-order valence-electron chi connectivity index (χ3n) is 3.34. The number of rotatable bonds is 4. The highest BCUT2D eigenvalue weighted by atomic mass is 32.2. The summed E-state index contributed by atoms with van der Waals surface area (Å²) in [4.78, 5) is 0.317. The Bertz CT molecular complexity index is 704. The molecule has 0 unspecified atom stereocenters. The zero-order valence-corrected chi connectivity index (χ0v) is 12.6. The van der Waals surface area contributed by atoms with Gasteiger partial charge in [0, 0.05) is 5.69 Å². The van der Waals surface area contributed by atoms with Crippen molar-refractivity contribution in [2.24, 2.45) is 0 Å². The number of hydrogen-bond donors (Lipinski definition) is 1. The lowest BCUT2D eigenvalue weighted by atomic mass is 10.1. The van der Waals surface area contributed by atoms with E-state index < -0.39 is 9.84 Å². The molecule has 2 rings (SSSR count). The van der Waals surface area contributed by atoms with Gasteiger partial charge >= 0.3 is 0 Å². The first kappa shape index (κ1) is 14.6. The molecule has 106 valence electrons. The van der Waals surface area contributed by atoms with Gasteiger partial charge < -0.3 is 5.73 Å². The summed E-state index contributed by atoms with van der Waals surface area (Å²) in [5.74, 6) is 0.00128. The zero-order valence-electron chi connectivity index (χ0n) is 11.8. The molecule has 0 heterocycles. The van der Waals surface area contributed by atoms with Crippen LogP contribution in [0, 0.1) is 6.92 Å². The molecule has 0 aliphatic carbocycles. The number of benzene rings is 2. The molecule has 3 nitrogen and oxygen atoms in total. The Morgan fingerprint density at radius 1 is 1.00 bits per heavy atom. The molecule has 0 aromatic heterocycles. The van der Waals surface area contributed by atoms with E-state index in [-0.39, 0.29) is 5.75 Å². The maximum atomic E-state index is 12.5. The Balaban J connectivity index is 2.32. The molecule has 0 bridgehead atoms. The van der Waals surface area contributed by atoms with Crippen molar-refractivity contribution in [3.05, 3.63) is 59.2 Å². The lowest BCUT2D eigenvalue weighted by Gasteiger charge is -2.09. The van der Waals surface area contributed by atoms with Crippen molar-refractivity contribution >= 4 is 15.5 Å². The lowest BCUT2D eigenvalue weighted by Crippen LogP contribution is -2.07. The molecule has 20 heavy (non-hydrogen) atoms. The predicted molar refractivity (Wildman–Crippen MR) is 82.3 cm³/mol. The van der Waals surface area contributed by atoms with Gasteiger partial charge in [0.1, 0.15) is 0 Å². The molecule has 0 spiro atoms. The number of anilines is 1. The molecule has 2 N–H and O–H groups in total. The summed E-state index contributed by atoms with van der Waals surface area (Å²) in [6, 6.07) is 12.7. The van der Waals surface area contributed by atoms with Gasteiger partial charge in [-0.05, 0) is 42.2 Å². The molecule has 0 aliphatic rings. The zero-order chi connectivity index (χ0) is 14.8. The first-order valence-electron chi connectivity index (χ1n) is 6.59. The largest absolute Gasteiger partial charge is 0.399 e. The van der Waals surface area contributed by atoms with Gasteiger partial charge in [-0.1, -0.05) is 37.3 Å². The molecule has 0 aliphatic heterocycles. The lowest BCUT2D eigenvalue weighted by molar-refractivity contribution is 0.594. The molecule has 4 heteroatoms. The van der Waals surface area contributed by atoms with Gasteiger partial charge in [-0.2, -0.15) is 0 Å². The fourth-order valence-electron chi connectivity index (χ4n) is 2.12. The van der Waals surface area contributed by atoms with Crippen LogP contribution in [0.5, 0.6) is 0 Å². The molecule has 0 amide bonds. The molecule has 0 atom stereocenters. The van der Waals surface area contributed by atoms with Crippen molar-refractivity contribution in [2.45, 2.75) is 30.9 Å². The Morgan fingerprint density at radius 3 is 2.20 bits per heavy atom. The van der Waals surface area contributed by atoms with E-state index in [2.05, 4.69) is 6.92 Å². The monoisotopic (exact) mass is 289 g/mol. The van der Waals surface area contributed by atoms with Crippen LogP contribution in [0.15, 0.2) is 47.4 Å². The van der Waals surface area contributed by atoms with Crippen LogP contribution in [-0.2, 0) is 22.0 Å². The van der Waals surface area contributed by atoms with Gasteiger partial charge in [0.15, 0.2) is 9.84 Å². The van der Waals surface area contributed by atoms with Crippen LogP contribution in [0.3, 0.4) is 0 Å². The smallest absolute Gasteiger partial charge is 0.182 e. The third kappa shape index (κ3) is 3.20. The number of nitrogens with two attached hydrogens (primary N) is 1. The second-order valence-corrected chi connectivity index (χ2v) is 6.91. The van der Waals surface area contributed by atoms with Crippen molar-refractivity contribution in [3.63, 3.8) is 0 Å². The van der Waals surface area contributed by atoms with Gasteiger partial charge in [0.25, 0.3) is 0 Å². The van der Waals surface area contributed by atoms with Crippen molar-refractivity contribution in [2.75, 3.05) is 5.73 Å². The fraction of sp³-hybridized carbons (Fsp3) is 0.250. The first-order valence-corrected chi connectivity index (χ1v) is 8.24. The second-order valence-electron chi connectivity index (χ2n) is 4.95. The highest BCUT2D eigenvalue weighted by Crippen LogP contribution is 2.22. The summed E-state index contributed by atoms with van der Waals surface area (Å²) in [7, 11) is -3.37. The van der Waals surface area contributed by atoms with E-state index in [9.17, 15) is 8.42 Å². The van der Waals surface area contributed by atoms with Gasteiger partial charge in [-0.25, -0.2) is 8.42 Å². The Morgan fingerprint density at radius 2 is 1.60 bits per heavy atom. The highest BCUT2D eigenvalue weighted by Gasteiger charge is 2.18. The van der Waals surface area contributed by atoms with E-state index >= 15 is 0 Å². The normalized spacial score (nSPS) is 11.5. The number of hydrogen-bond acceptors (Lipinski definition) is 3. The summed E-state index contributed by atoms with van der Waals surface area (Å²) in [5.41, 5.74) is 8.88. The predicted octanol–water partition coefficient (Wildman–Crippen LogP) is 3.11. The summed E-state index contributed by atoms with van der Waals surface area (Å²) in [6.45, 7) is 3.86. The average Bonchev–Trinajstić information content (AvgIpc) is 2.42. The van der Waals surface area contributed by atoms with E-state index in [0.29, 0.717) is 10.6 Å². The van der Waals surface area contributed by atoms with Crippen molar-refractivity contribution < 1.29 is 8.42 Å². The molecule has 0 saturated heterocycles. The quantitative estimate of drug-likeness (QED) is 0.880. The molecule has 2 aromatic rings. The van der Waals surface area contributed by atoms with Crippen molar-refractivity contribution in [3.8, 4) is 0 Å². The molecule has 0 fully saturated rings. The summed E-state index contributed by atoms with van der Waals surface area (Å²) in [6.07, 6.45) is 0.946. The first-order chi connectivity index (χ1) is 9.42.